The number of nitrogens with one attached hydrogen (secondary N) is 2. The number of nitrogens with zero attached hydrogens (tertiary/aromatic N) is 1. The Morgan fingerprint density at radius 1 is 1.53 bits per heavy atom. The van der Waals surface area contributed by atoms with Gasteiger partial charge in [-0.25, -0.2) is 0 Å². The van der Waals surface area contributed by atoms with Gasteiger partial charge < -0.3 is 15.8 Å². The number of anilines is 2. The molecule has 4 N–H and O–H groups in total. The second-order valence-corrected chi connectivity index (χ2v) is 4.03. The molecule has 1 amide bonds. The molecule has 0 unspecified atom stereocenters. The molecular weight excluding hydrogens is 244 g/mol. The SMILES string of the molecule is CCc1cn[nH]c1NC(=O)c1ccc(OC)c(N)c1. The van der Waals surface area contributed by atoms with E-state index in [1.165, 1.54) is 7.11 Å². The molecular formula is C13H16N4O2. The molecule has 2 aromatic rings. The minimum absolute atomic E-state index is 0.242. The highest BCUT2D eigenvalue weighted by atomic mass is 16.5. The summed E-state index contributed by atoms with van der Waals surface area (Å²) in [6.45, 7) is 1.99. The van der Waals surface area contributed by atoms with Crippen LogP contribution in [0, 0.1) is 0 Å². The fourth-order valence-electron chi connectivity index (χ4n) is 1.75. The van der Waals surface area contributed by atoms with Gasteiger partial charge in [0, 0.05) is 11.1 Å². The van der Waals surface area contributed by atoms with Crippen LogP contribution in [0.1, 0.15) is 22.8 Å². The van der Waals surface area contributed by atoms with E-state index in [0.29, 0.717) is 22.8 Å². The van der Waals surface area contributed by atoms with E-state index >= 15 is 0 Å². The number of aromatic nitrogens is 2. The van der Waals surface area contributed by atoms with Crippen LogP contribution in [0.4, 0.5) is 11.5 Å². The fraction of sp³-hybridized carbons (Fsp3) is 0.231. The zero-order valence-electron chi connectivity index (χ0n) is 10.9. The molecule has 6 heteroatoms. The standard InChI is InChI=1S/C13H16N4O2/c1-3-8-7-15-17-12(8)16-13(18)9-4-5-11(19-2)10(14)6-9/h4-7H,3,14H2,1-2H3,(H2,15,16,17,18). The highest BCUT2D eigenvalue weighted by Crippen LogP contribution is 2.22. The molecule has 1 heterocycles. The molecule has 0 aliphatic heterocycles. The number of carbonyl (C=O) groups excluding carboxylic acids is 1. The number of carbonyl (C=O) groups is 1. The van der Waals surface area contributed by atoms with Crippen LogP contribution in [-0.2, 0) is 6.42 Å². The average molecular weight is 260 g/mol. The topological polar surface area (TPSA) is 93.0 Å². The summed E-state index contributed by atoms with van der Waals surface area (Å²) in [5.74, 6) is 0.919. The summed E-state index contributed by atoms with van der Waals surface area (Å²) in [6, 6.07) is 4.90. The molecule has 0 bridgehead atoms. The van der Waals surface area contributed by atoms with Gasteiger partial charge in [0.15, 0.2) is 0 Å². The van der Waals surface area contributed by atoms with Crippen LogP contribution < -0.4 is 15.8 Å². The molecule has 1 aromatic carbocycles. The molecule has 100 valence electrons. The van der Waals surface area contributed by atoms with Gasteiger partial charge in [-0.3, -0.25) is 9.89 Å². The van der Waals surface area contributed by atoms with Gasteiger partial charge in [-0.15, -0.1) is 0 Å². The van der Waals surface area contributed by atoms with Crippen LogP contribution in [0.2, 0.25) is 0 Å². The van der Waals surface area contributed by atoms with E-state index in [1.807, 2.05) is 6.92 Å². The summed E-state index contributed by atoms with van der Waals surface area (Å²) < 4.78 is 5.05. The van der Waals surface area contributed by atoms with E-state index in [9.17, 15) is 4.79 Å². The number of nitrogen functional groups attached to an aromatic ring is 1. The molecule has 0 atom stereocenters. The first kappa shape index (κ1) is 12.9. The van der Waals surface area contributed by atoms with Crippen molar-refractivity contribution in [2.24, 2.45) is 0 Å². The Bertz CT molecular complexity index is 592. The molecule has 0 saturated carbocycles. The summed E-state index contributed by atoms with van der Waals surface area (Å²) in [7, 11) is 1.53. The molecule has 0 aliphatic carbocycles. The summed E-state index contributed by atoms with van der Waals surface area (Å²) in [5, 5.41) is 9.43. The monoisotopic (exact) mass is 260 g/mol. The predicted molar refractivity (Wildman–Crippen MR) is 73.3 cm³/mol. The fourth-order valence-corrected chi connectivity index (χ4v) is 1.75. The molecule has 19 heavy (non-hydrogen) atoms. The van der Waals surface area contributed by atoms with Gasteiger partial charge >= 0.3 is 0 Å². The number of nitrogens with two attached hydrogens (primary N) is 1. The van der Waals surface area contributed by atoms with Gasteiger partial charge in [0.05, 0.1) is 19.0 Å². The Morgan fingerprint density at radius 2 is 2.32 bits per heavy atom. The lowest BCUT2D eigenvalue weighted by atomic mass is 10.1. The smallest absolute Gasteiger partial charge is 0.256 e. The van der Waals surface area contributed by atoms with Crippen LogP contribution in [0.5, 0.6) is 5.75 Å². The molecule has 0 fully saturated rings. The quantitative estimate of drug-likeness (QED) is 0.731. The summed E-state index contributed by atoms with van der Waals surface area (Å²) in [5.41, 5.74) is 7.62. The van der Waals surface area contributed by atoms with E-state index < -0.39 is 0 Å². The number of aromatic amines is 1. The van der Waals surface area contributed by atoms with Crippen molar-refractivity contribution >= 4 is 17.4 Å². The lowest BCUT2D eigenvalue weighted by molar-refractivity contribution is 0.102. The normalized spacial score (nSPS) is 10.2. The van der Waals surface area contributed by atoms with Crippen LogP contribution in [0.25, 0.3) is 0 Å². The zero-order valence-corrected chi connectivity index (χ0v) is 10.9. The summed E-state index contributed by atoms with van der Waals surface area (Å²) in [4.78, 5) is 12.1. The number of aryl methyl sites for hydroxylation is 1. The molecule has 2 rings (SSSR count). The van der Waals surface area contributed by atoms with Crippen LogP contribution in [0.3, 0.4) is 0 Å². The highest BCUT2D eigenvalue weighted by molar-refractivity contribution is 6.04. The first-order valence-corrected chi connectivity index (χ1v) is 5.92. The van der Waals surface area contributed by atoms with Crippen molar-refractivity contribution in [2.75, 3.05) is 18.2 Å². The van der Waals surface area contributed by atoms with Gasteiger partial charge in [-0.2, -0.15) is 5.10 Å². The van der Waals surface area contributed by atoms with E-state index in [2.05, 4.69) is 15.5 Å². The Balaban J connectivity index is 2.18. The Morgan fingerprint density at radius 3 is 2.95 bits per heavy atom. The third-order valence-corrected chi connectivity index (χ3v) is 2.83. The number of hydrogen-bond acceptors (Lipinski definition) is 4. The minimum atomic E-state index is -0.242. The third kappa shape index (κ3) is 2.67. The molecule has 0 radical (unpaired) electrons. The van der Waals surface area contributed by atoms with Gasteiger partial charge in [-0.1, -0.05) is 6.92 Å². The Hall–Kier alpha value is -2.50. The van der Waals surface area contributed by atoms with Crippen molar-refractivity contribution < 1.29 is 9.53 Å². The summed E-state index contributed by atoms with van der Waals surface area (Å²) >= 11 is 0. The molecule has 0 aliphatic rings. The second kappa shape index (κ2) is 5.43. The van der Waals surface area contributed by atoms with Crippen molar-refractivity contribution in [3.63, 3.8) is 0 Å². The lowest BCUT2D eigenvalue weighted by Gasteiger charge is -2.08. The van der Waals surface area contributed by atoms with E-state index in [0.717, 1.165) is 12.0 Å². The van der Waals surface area contributed by atoms with Crippen molar-refractivity contribution in [1.82, 2.24) is 10.2 Å². The zero-order chi connectivity index (χ0) is 13.8. The van der Waals surface area contributed by atoms with Gasteiger partial charge in [0.1, 0.15) is 11.6 Å². The lowest BCUT2D eigenvalue weighted by Crippen LogP contribution is -2.13. The van der Waals surface area contributed by atoms with Crippen molar-refractivity contribution in [3.8, 4) is 5.75 Å². The number of benzene rings is 1. The first-order valence-electron chi connectivity index (χ1n) is 5.92. The Labute approximate surface area is 111 Å². The second-order valence-electron chi connectivity index (χ2n) is 4.03. The van der Waals surface area contributed by atoms with Gasteiger partial charge in [0.25, 0.3) is 5.91 Å². The van der Waals surface area contributed by atoms with Crippen LogP contribution >= 0.6 is 0 Å². The average Bonchev–Trinajstić information content (AvgIpc) is 2.85. The van der Waals surface area contributed by atoms with Gasteiger partial charge in [-0.05, 0) is 24.6 Å². The van der Waals surface area contributed by atoms with Gasteiger partial charge in [0.2, 0.25) is 0 Å². The van der Waals surface area contributed by atoms with E-state index in [1.54, 1.807) is 24.4 Å². The number of ether oxygens (including phenoxy) is 1. The minimum Gasteiger partial charge on any atom is -0.495 e. The number of hydrogen-bond donors (Lipinski definition) is 3. The molecule has 0 saturated heterocycles. The number of methoxy groups -OCH3 is 1. The Kier molecular flexibility index (Phi) is 3.70. The number of amides is 1. The first-order chi connectivity index (χ1) is 9.15. The van der Waals surface area contributed by atoms with Crippen molar-refractivity contribution in [3.05, 3.63) is 35.5 Å². The maximum Gasteiger partial charge on any atom is 0.256 e. The predicted octanol–water partition coefficient (Wildman–Crippen LogP) is 1.82. The maximum atomic E-state index is 12.1. The van der Waals surface area contributed by atoms with E-state index in [4.69, 9.17) is 10.5 Å². The molecule has 1 aromatic heterocycles. The largest absolute Gasteiger partial charge is 0.495 e. The number of H-pyrrole nitrogens is 1. The van der Waals surface area contributed by atoms with Crippen molar-refractivity contribution in [1.29, 1.82) is 0 Å². The van der Waals surface area contributed by atoms with Crippen molar-refractivity contribution in [2.45, 2.75) is 13.3 Å². The molecule has 6 nitrogen and oxygen atoms in total. The number of rotatable bonds is 4. The third-order valence-electron chi connectivity index (χ3n) is 2.83. The maximum absolute atomic E-state index is 12.1. The summed E-state index contributed by atoms with van der Waals surface area (Å²) in [6.07, 6.45) is 2.48. The van der Waals surface area contributed by atoms with Crippen LogP contribution in [0.15, 0.2) is 24.4 Å². The van der Waals surface area contributed by atoms with E-state index in [-0.39, 0.29) is 5.91 Å². The highest BCUT2D eigenvalue weighted by Gasteiger charge is 2.11. The van der Waals surface area contributed by atoms with Crippen LogP contribution in [-0.4, -0.2) is 23.2 Å². The molecule has 0 spiro atoms.